The van der Waals surface area contributed by atoms with Crippen LogP contribution >= 0.6 is 0 Å². The van der Waals surface area contributed by atoms with Crippen LogP contribution in [0.4, 0.5) is 0 Å². The minimum atomic E-state index is -0.559. The number of ether oxygens (including phenoxy) is 2. The van der Waals surface area contributed by atoms with Gasteiger partial charge in [-0.2, -0.15) is 0 Å². The largest absolute Gasteiger partial charge is 0.497 e. The minimum Gasteiger partial charge on any atom is -0.497 e. The molecule has 1 heterocycles. The SMILES string of the molecule is COc1ccc(C(=O)NCC(=O)OCc2cc(C)no2)cc1. The standard InChI is InChI=1S/C15H16N2O5/c1-10-7-13(22-17-10)9-21-14(18)8-16-15(19)11-3-5-12(20-2)6-4-11/h3-7H,8-9H2,1-2H3,(H,16,19). The molecule has 0 saturated heterocycles. The summed E-state index contributed by atoms with van der Waals surface area (Å²) in [5.74, 6) is 0.177. The molecule has 116 valence electrons. The van der Waals surface area contributed by atoms with E-state index >= 15 is 0 Å². The second kappa shape index (κ2) is 7.26. The average molecular weight is 304 g/mol. The number of aromatic nitrogens is 1. The molecule has 22 heavy (non-hydrogen) atoms. The molecule has 0 aliphatic carbocycles. The summed E-state index contributed by atoms with van der Waals surface area (Å²) in [4.78, 5) is 23.4. The number of nitrogens with one attached hydrogen (secondary N) is 1. The van der Waals surface area contributed by atoms with Gasteiger partial charge >= 0.3 is 5.97 Å². The zero-order chi connectivity index (χ0) is 15.9. The molecule has 1 N–H and O–H groups in total. The van der Waals surface area contributed by atoms with Crippen LogP contribution < -0.4 is 10.1 Å². The first-order valence-corrected chi connectivity index (χ1v) is 6.58. The third-order valence-corrected chi connectivity index (χ3v) is 2.80. The van der Waals surface area contributed by atoms with Gasteiger partial charge in [-0.15, -0.1) is 0 Å². The lowest BCUT2D eigenvalue weighted by Crippen LogP contribution is -2.30. The average Bonchev–Trinajstić information content (AvgIpc) is 2.96. The molecule has 7 nitrogen and oxygen atoms in total. The van der Waals surface area contributed by atoms with Gasteiger partial charge in [-0.05, 0) is 31.2 Å². The van der Waals surface area contributed by atoms with Crippen LogP contribution in [0.5, 0.6) is 5.75 Å². The first-order chi connectivity index (χ1) is 10.6. The van der Waals surface area contributed by atoms with E-state index < -0.39 is 5.97 Å². The Hall–Kier alpha value is -2.83. The van der Waals surface area contributed by atoms with Crippen molar-refractivity contribution in [2.75, 3.05) is 13.7 Å². The fraction of sp³-hybridized carbons (Fsp3) is 0.267. The lowest BCUT2D eigenvalue weighted by molar-refractivity contribution is -0.144. The highest BCUT2D eigenvalue weighted by Crippen LogP contribution is 2.11. The molecule has 0 aliphatic heterocycles. The van der Waals surface area contributed by atoms with E-state index in [9.17, 15) is 9.59 Å². The van der Waals surface area contributed by atoms with E-state index in [2.05, 4.69) is 10.5 Å². The van der Waals surface area contributed by atoms with Crippen molar-refractivity contribution >= 4 is 11.9 Å². The number of carbonyl (C=O) groups is 2. The summed E-state index contributed by atoms with van der Waals surface area (Å²) >= 11 is 0. The molecule has 0 fully saturated rings. The second-order valence-electron chi connectivity index (χ2n) is 4.51. The molecular weight excluding hydrogens is 288 g/mol. The molecule has 0 saturated carbocycles. The summed E-state index contributed by atoms with van der Waals surface area (Å²) in [6, 6.07) is 8.22. The van der Waals surface area contributed by atoms with E-state index in [0.717, 1.165) is 0 Å². The molecule has 0 atom stereocenters. The Morgan fingerprint density at radius 2 is 2.00 bits per heavy atom. The van der Waals surface area contributed by atoms with Gasteiger partial charge in [0.05, 0.1) is 12.8 Å². The quantitative estimate of drug-likeness (QED) is 0.813. The van der Waals surface area contributed by atoms with E-state index in [1.165, 1.54) is 0 Å². The van der Waals surface area contributed by atoms with Crippen LogP contribution in [0.15, 0.2) is 34.9 Å². The zero-order valence-corrected chi connectivity index (χ0v) is 12.3. The van der Waals surface area contributed by atoms with Gasteiger partial charge in [-0.3, -0.25) is 9.59 Å². The van der Waals surface area contributed by atoms with Crippen LogP contribution in [-0.4, -0.2) is 30.7 Å². The Kier molecular flexibility index (Phi) is 5.13. The number of esters is 1. The van der Waals surface area contributed by atoms with Crippen molar-refractivity contribution in [1.29, 1.82) is 0 Å². The van der Waals surface area contributed by atoms with Crippen LogP contribution in [0, 0.1) is 6.92 Å². The molecule has 1 aromatic heterocycles. The fourth-order valence-electron chi connectivity index (χ4n) is 1.68. The predicted molar refractivity (Wildman–Crippen MR) is 76.4 cm³/mol. The van der Waals surface area contributed by atoms with Crippen LogP contribution in [0.25, 0.3) is 0 Å². The smallest absolute Gasteiger partial charge is 0.325 e. The van der Waals surface area contributed by atoms with Gasteiger partial charge in [0.2, 0.25) is 0 Å². The molecular formula is C15H16N2O5. The lowest BCUT2D eigenvalue weighted by atomic mass is 10.2. The van der Waals surface area contributed by atoms with E-state index in [4.69, 9.17) is 14.0 Å². The maximum atomic E-state index is 11.8. The van der Waals surface area contributed by atoms with Crippen LogP contribution in [0.1, 0.15) is 21.8 Å². The Morgan fingerprint density at radius 3 is 2.59 bits per heavy atom. The van der Waals surface area contributed by atoms with Gasteiger partial charge in [-0.1, -0.05) is 5.16 Å². The monoisotopic (exact) mass is 304 g/mol. The molecule has 0 radical (unpaired) electrons. The van der Waals surface area contributed by atoms with Crippen molar-refractivity contribution in [3.8, 4) is 5.75 Å². The van der Waals surface area contributed by atoms with E-state index in [-0.39, 0.29) is 19.1 Å². The van der Waals surface area contributed by atoms with Crippen molar-refractivity contribution in [1.82, 2.24) is 10.5 Å². The zero-order valence-electron chi connectivity index (χ0n) is 12.3. The van der Waals surface area contributed by atoms with Crippen molar-refractivity contribution in [3.63, 3.8) is 0 Å². The van der Waals surface area contributed by atoms with Crippen LogP contribution in [0.2, 0.25) is 0 Å². The molecule has 0 unspecified atom stereocenters. The van der Waals surface area contributed by atoms with Gasteiger partial charge in [0.15, 0.2) is 12.4 Å². The highest BCUT2D eigenvalue weighted by molar-refractivity contribution is 5.95. The first kappa shape index (κ1) is 15.6. The summed E-state index contributed by atoms with van der Waals surface area (Å²) in [6.45, 7) is 1.53. The molecule has 0 spiro atoms. The molecule has 2 aromatic rings. The highest BCUT2D eigenvalue weighted by Gasteiger charge is 2.10. The number of benzene rings is 1. The number of methoxy groups -OCH3 is 1. The Balaban J connectivity index is 1.76. The molecule has 7 heteroatoms. The summed E-state index contributed by atoms with van der Waals surface area (Å²) in [5.41, 5.74) is 1.14. The number of aryl methyl sites for hydroxylation is 1. The van der Waals surface area contributed by atoms with E-state index in [1.54, 1.807) is 44.4 Å². The Morgan fingerprint density at radius 1 is 1.27 bits per heavy atom. The molecule has 1 aromatic carbocycles. The van der Waals surface area contributed by atoms with Gasteiger partial charge in [0.1, 0.15) is 12.3 Å². The number of amides is 1. The first-order valence-electron chi connectivity index (χ1n) is 6.58. The van der Waals surface area contributed by atoms with Gasteiger partial charge in [0, 0.05) is 11.6 Å². The number of hydrogen-bond acceptors (Lipinski definition) is 6. The number of carbonyl (C=O) groups excluding carboxylic acids is 2. The number of nitrogens with zero attached hydrogens (tertiary/aromatic N) is 1. The molecule has 2 rings (SSSR count). The van der Waals surface area contributed by atoms with Crippen molar-refractivity contribution < 1.29 is 23.6 Å². The summed E-state index contributed by atoms with van der Waals surface area (Å²) in [5, 5.41) is 6.15. The Bertz CT molecular complexity index is 648. The van der Waals surface area contributed by atoms with Crippen molar-refractivity contribution in [2.45, 2.75) is 13.5 Å². The number of rotatable bonds is 6. The van der Waals surface area contributed by atoms with E-state index in [1.807, 2.05) is 0 Å². The van der Waals surface area contributed by atoms with Crippen molar-refractivity contribution in [2.24, 2.45) is 0 Å². The van der Waals surface area contributed by atoms with Gasteiger partial charge in [-0.25, -0.2) is 0 Å². The second-order valence-corrected chi connectivity index (χ2v) is 4.51. The predicted octanol–water partition coefficient (Wildman–Crippen LogP) is 1.46. The third kappa shape index (κ3) is 4.34. The topological polar surface area (TPSA) is 90.7 Å². The van der Waals surface area contributed by atoms with E-state index in [0.29, 0.717) is 22.8 Å². The van der Waals surface area contributed by atoms with Crippen molar-refractivity contribution in [3.05, 3.63) is 47.3 Å². The third-order valence-electron chi connectivity index (χ3n) is 2.80. The lowest BCUT2D eigenvalue weighted by Gasteiger charge is -2.06. The Labute approximate surface area is 127 Å². The highest BCUT2D eigenvalue weighted by atomic mass is 16.5. The maximum absolute atomic E-state index is 11.8. The summed E-state index contributed by atoms with van der Waals surface area (Å²) in [7, 11) is 1.54. The van der Waals surface area contributed by atoms with Gasteiger partial charge < -0.3 is 19.3 Å². The minimum absolute atomic E-state index is 0.0158. The summed E-state index contributed by atoms with van der Waals surface area (Å²) in [6.07, 6.45) is 0. The summed E-state index contributed by atoms with van der Waals surface area (Å²) < 4.78 is 14.9. The van der Waals surface area contributed by atoms with Crippen LogP contribution in [0.3, 0.4) is 0 Å². The molecule has 1 amide bonds. The normalized spacial score (nSPS) is 10.1. The molecule has 0 bridgehead atoms. The fourth-order valence-corrected chi connectivity index (χ4v) is 1.68. The van der Waals surface area contributed by atoms with Crippen LogP contribution in [-0.2, 0) is 16.1 Å². The molecule has 0 aliphatic rings. The van der Waals surface area contributed by atoms with Gasteiger partial charge in [0.25, 0.3) is 5.91 Å². The number of hydrogen-bond donors (Lipinski definition) is 1. The maximum Gasteiger partial charge on any atom is 0.325 e.